The van der Waals surface area contributed by atoms with Crippen molar-refractivity contribution in [1.29, 1.82) is 0 Å². The number of aromatic nitrogens is 2. The molecule has 1 aliphatic rings. The molecule has 0 saturated heterocycles. The number of thiazole rings is 1. The van der Waals surface area contributed by atoms with Gasteiger partial charge in [0.2, 0.25) is 0 Å². The summed E-state index contributed by atoms with van der Waals surface area (Å²) in [7, 11) is 0. The number of hydrogen-bond acceptors (Lipinski definition) is 3. The van der Waals surface area contributed by atoms with E-state index in [0.29, 0.717) is 5.41 Å². The fourth-order valence-electron chi connectivity index (χ4n) is 3.56. The van der Waals surface area contributed by atoms with Crippen molar-refractivity contribution in [2.24, 2.45) is 11.1 Å². The summed E-state index contributed by atoms with van der Waals surface area (Å²) in [4.78, 5) is 4.58. The van der Waals surface area contributed by atoms with Crippen molar-refractivity contribution >= 4 is 11.3 Å². The molecule has 0 aromatic carbocycles. The summed E-state index contributed by atoms with van der Waals surface area (Å²) in [5.74, 6) is 0. The molecule has 2 N–H and O–H groups in total. The molecule has 3 rings (SSSR count). The molecule has 0 aliphatic heterocycles. The van der Waals surface area contributed by atoms with Crippen LogP contribution >= 0.6 is 11.3 Å². The molecule has 0 spiro atoms. The highest BCUT2D eigenvalue weighted by atomic mass is 32.1. The lowest BCUT2D eigenvalue weighted by Crippen LogP contribution is -2.30. The summed E-state index contributed by atoms with van der Waals surface area (Å²) in [5, 5.41) is 3.33. The Bertz CT molecular complexity index is 651. The van der Waals surface area contributed by atoms with Crippen molar-refractivity contribution in [2.45, 2.75) is 59.5 Å². The van der Waals surface area contributed by atoms with Gasteiger partial charge in [0.25, 0.3) is 0 Å². The van der Waals surface area contributed by atoms with Gasteiger partial charge >= 0.3 is 0 Å². The van der Waals surface area contributed by atoms with Crippen LogP contribution in [0, 0.1) is 19.3 Å². The first kappa shape index (κ1) is 14.8. The number of fused-ring (bicyclic) bond motifs is 1. The van der Waals surface area contributed by atoms with Gasteiger partial charge in [-0.25, -0.2) is 4.98 Å². The van der Waals surface area contributed by atoms with Gasteiger partial charge in [0, 0.05) is 35.8 Å². The summed E-state index contributed by atoms with van der Waals surface area (Å²) >= 11 is 1.73. The number of hydrogen-bond donors (Lipinski definition) is 1. The summed E-state index contributed by atoms with van der Waals surface area (Å²) < 4.78 is 2.46. The molecule has 0 radical (unpaired) electrons. The fourth-order valence-corrected chi connectivity index (χ4v) is 4.21. The molecule has 114 valence electrons. The Balaban J connectivity index is 1.86. The molecule has 4 heteroatoms. The second-order valence-corrected chi connectivity index (χ2v) is 8.16. The molecule has 1 aliphatic carbocycles. The van der Waals surface area contributed by atoms with Gasteiger partial charge in [0.1, 0.15) is 0 Å². The molecule has 1 atom stereocenters. The van der Waals surface area contributed by atoms with Gasteiger partial charge in [-0.3, -0.25) is 0 Å². The Labute approximate surface area is 131 Å². The van der Waals surface area contributed by atoms with Crippen LogP contribution in [0.5, 0.6) is 0 Å². The number of rotatable bonds is 3. The van der Waals surface area contributed by atoms with E-state index in [1.54, 1.807) is 11.3 Å². The first-order valence-corrected chi connectivity index (χ1v) is 8.59. The third-order valence-electron chi connectivity index (χ3n) is 4.53. The molecule has 0 fully saturated rings. The van der Waals surface area contributed by atoms with Gasteiger partial charge in [-0.1, -0.05) is 13.8 Å². The van der Waals surface area contributed by atoms with E-state index in [0.717, 1.165) is 30.8 Å². The minimum Gasteiger partial charge on any atom is -0.348 e. The highest BCUT2D eigenvalue weighted by molar-refractivity contribution is 7.09. The van der Waals surface area contributed by atoms with E-state index in [2.05, 4.69) is 48.7 Å². The highest BCUT2D eigenvalue weighted by Crippen LogP contribution is 2.40. The van der Waals surface area contributed by atoms with Crippen LogP contribution in [0.1, 0.15) is 54.0 Å². The van der Waals surface area contributed by atoms with Crippen LogP contribution in [0.15, 0.2) is 11.4 Å². The number of nitrogens with two attached hydrogens (primary N) is 1. The lowest BCUT2D eigenvalue weighted by Gasteiger charge is -2.34. The van der Waals surface area contributed by atoms with E-state index in [1.807, 2.05) is 0 Å². The Kier molecular flexibility index (Phi) is 3.70. The molecular formula is C17H25N3S. The van der Waals surface area contributed by atoms with Crippen LogP contribution in [0.3, 0.4) is 0 Å². The lowest BCUT2D eigenvalue weighted by atomic mass is 9.74. The second kappa shape index (κ2) is 5.25. The van der Waals surface area contributed by atoms with Crippen LogP contribution in [0.25, 0.3) is 0 Å². The van der Waals surface area contributed by atoms with Crippen molar-refractivity contribution in [2.75, 3.05) is 0 Å². The molecule has 3 nitrogen and oxygen atoms in total. The topological polar surface area (TPSA) is 43.8 Å². The monoisotopic (exact) mass is 303 g/mol. The molecule has 1 unspecified atom stereocenters. The Morgan fingerprint density at radius 1 is 1.43 bits per heavy atom. The normalized spacial score (nSPS) is 20.5. The largest absolute Gasteiger partial charge is 0.348 e. The smallest absolute Gasteiger partial charge is 0.0897 e. The maximum Gasteiger partial charge on any atom is 0.0897 e. The second-order valence-electron chi connectivity index (χ2n) is 7.10. The average Bonchev–Trinajstić information content (AvgIpc) is 2.90. The molecule has 2 aromatic heterocycles. The summed E-state index contributed by atoms with van der Waals surface area (Å²) in [6, 6.07) is 2.48. The minimum absolute atomic E-state index is 0.185. The zero-order valence-corrected chi connectivity index (χ0v) is 14.3. The zero-order chi connectivity index (χ0) is 15.2. The van der Waals surface area contributed by atoms with Gasteiger partial charge in [-0.15, -0.1) is 11.3 Å². The van der Waals surface area contributed by atoms with Gasteiger partial charge < -0.3 is 10.3 Å². The third-order valence-corrected chi connectivity index (χ3v) is 5.35. The van der Waals surface area contributed by atoms with Crippen LogP contribution in [-0.4, -0.2) is 9.55 Å². The highest BCUT2D eigenvalue weighted by Gasteiger charge is 2.33. The quantitative estimate of drug-likeness (QED) is 0.938. The SMILES string of the molecule is Cc1nc(CCn2c(C)cc3c2CC(C)(C)CC3N)cs1. The Hall–Kier alpha value is -1.13. The number of aryl methyl sites for hydroxylation is 3. The van der Waals surface area contributed by atoms with Gasteiger partial charge in [-0.05, 0) is 43.7 Å². The predicted molar refractivity (Wildman–Crippen MR) is 88.8 cm³/mol. The maximum absolute atomic E-state index is 6.39. The average molecular weight is 303 g/mol. The molecule has 0 saturated carbocycles. The van der Waals surface area contributed by atoms with E-state index in [-0.39, 0.29) is 6.04 Å². The summed E-state index contributed by atoms with van der Waals surface area (Å²) in [6.07, 6.45) is 3.21. The standard InChI is InChI=1S/C17H25N3S/c1-11-7-14-15(18)8-17(3,4)9-16(14)20(11)6-5-13-10-21-12(2)19-13/h7,10,15H,5-6,8-9,18H2,1-4H3. The molecule has 21 heavy (non-hydrogen) atoms. The van der Waals surface area contributed by atoms with Crippen molar-refractivity contribution in [3.05, 3.63) is 39.1 Å². The molecular weight excluding hydrogens is 278 g/mol. The van der Waals surface area contributed by atoms with E-state index in [9.17, 15) is 0 Å². The number of nitrogens with zero attached hydrogens (tertiary/aromatic N) is 2. The van der Waals surface area contributed by atoms with Crippen LogP contribution in [0.2, 0.25) is 0 Å². The van der Waals surface area contributed by atoms with Gasteiger partial charge in [0.15, 0.2) is 0 Å². The first-order chi connectivity index (χ1) is 9.85. The predicted octanol–water partition coefficient (Wildman–Crippen LogP) is 3.78. The van der Waals surface area contributed by atoms with E-state index in [4.69, 9.17) is 5.73 Å². The molecule has 2 heterocycles. The van der Waals surface area contributed by atoms with Gasteiger partial charge in [0.05, 0.1) is 10.7 Å². The zero-order valence-electron chi connectivity index (χ0n) is 13.4. The third kappa shape index (κ3) is 2.92. The van der Waals surface area contributed by atoms with Crippen LogP contribution in [0.4, 0.5) is 0 Å². The lowest BCUT2D eigenvalue weighted by molar-refractivity contribution is 0.275. The van der Waals surface area contributed by atoms with Crippen LogP contribution in [-0.2, 0) is 19.4 Å². The van der Waals surface area contributed by atoms with Crippen LogP contribution < -0.4 is 5.73 Å². The van der Waals surface area contributed by atoms with E-state index >= 15 is 0 Å². The minimum atomic E-state index is 0.185. The maximum atomic E-state index is 6.39. The van der Waals surface area contributed by atoms with Crippen molar-refractivity contribution in [3.63, 3.8) is 0 Å². The van der Waals surface area contributed by atoms with Crippen molar-refractivity contribution < 1.29 is 0 Å². The molecule has 0 amide bonds. The summed E-state index contributed by atoms with van der Waals surface area (Å²) in [5.41, 5.74) is 12.0. The van der Waals surface area contributed by atoms with Crippen molar-refractivity contribution in [1.82, 2.24) is 9.55 Å². The Morgan fingerprint density at radius 2 is 2.19 bits per heavy atom. The van der Waals surface area contributed by atoms with Crippen molar-refractivity contribution in [3.8, 4) is 0 Å². The molecule has 2 aromatic rings. The van der Waals surface area contributed by atoms with E-state index in [1.165, 1.54) is 22.6 Å². The first-order valence-electron chi connectivity index (χ1n) is 7.71. The summed E-state index contributed by atoms with van der Waals surface area (Å²) in [6.45, 7) is 9.93. The fraction of sp³-hybridized carbons (Fsp3) is 0.588. The Morgan fingerprint density at radius 3 is 2.86 bits per heavy atom. The molecule has 0 bridgehead atoms. The van der Waals surface area contributed by atoms with E-state index < -0.39 is 0 Å². The van der Waals surface area contributed by atoms with Gasteiger partial charge in [-0.2, -0.15) is 0 Å².